The van der Waals surface area contributed by atoms with Crippen LogP contribution in [0.2, 0.25) is 0 Å². The summed E-state index contributed by atoms with van der Waals surface area (Å²) in [4.78, 5) is 0. The van der Waals surface area contributed by atoms with Crippen molar-refractivity contribution in [2.75, 3.05) is 0 Å². The van der Waals surface area contributed by atoms with Gasteiger partial charge in [0.25, 0.3) is 0 Å². The van der Waals surface area contributed by atoms with Gasteiger partial charge in [0, 0.05) is 0 Å². The topological polar surface area (TPSA) is 23.8 Å². The summed E-state index contributed by atoms with van der Waals surface area (Å²) < 4.78 is 0. The van der Waals surface area contributed by atoms with Crippen molar-refractivity contribution in [1.29, 1.82) is 5.26 Å². The van der Waals surface area contributed by atoms with Gasteiger partial charge in [-0.2, -0.15) is 5.26 Å². The summed E-state index contributed by atoms with van der Waals surface area (Å²) in [5.74, 6) is 0. The Hall–Kier alpha value is -2.33. The second kappa shape index (κ2) is 5.54. The largest absolute Gasteiger partial charge is 0.192 e. The molecule has 0 saturated carbocycles. The molecule has 0 saturated heterocycles. The molecule has 0 radical (unpaired) electrons. The van der Waals surface area contributed by atoms with Crippen LogP contribution in [0.3, 0.4) is 0 Å². The minimum absolute atomic E-state index is 0.708. The van der Waals surface area contributed by atoms with Gasteiger partial charge in [0.15, 0.2) is 0 Å². The fraction of sp³-hybridized carbons (Fsp3) is 0.167. The summed E-state index contributed by atoms with van der Waals surface area (Å²) in [6.07, 6.45) is 4.14. The smallest absolute Gasteiger partial charge is 0.0991 e. The van der Waals surface area contributed by atoms with E-state index in [4.69, 9.17) is 5.26 Å². The Kier molecular flexibility index (Phi) is 3.82. The molecule has 0 aliphatic carbocycles. The highest BCUT2D eigenvalue weighted by molar-refractivity contribution is 5.71. The lowest BCUT2D eigenvalue weighted by Crippen LogP contribution is -1.83. The third kappa shape index (κ3) is 3.33. The molecule has 0 aromatic heterocycles. The van der Waals surface area contributed by atoms with Crippen LogP contribution in [-0.4, -0.2) is 0 Å². The fourth-order valence-corrected chi connectivity index (χ4v) is 2.03. The molecule has 1 heteroatoms. The standard InChI is InChI=1S/C18H17N/c1-13-8-17(11-18(9-13)12-19)7-6-16-5-4-14(2)15(3)10-16/h4-11H,1-3H3/b7-6+. The van der Waals surface area contributed by atoms with E-state index in [9.17, 15) is 0 Å². The highest BCUT2D eigenvalue weighted by Gasteiger charge is 1.96. The van der Waals surface area contributed by atoms with Crippen LogP contribution in [0, 0.1) is 32.1 Å². The van der Waals surface area contributed by atoms with Crippen LogP contribution >= 0.6 is 0 Å². The molecule has 2 rings (SSSR count). The van der Waals surface area contributed by atoms with Crippen LogP contribution in [0.4, 0.5) is 0 Å². The van der Waals surface area contributed by atoms with Gasteiger partial charge in [0.2, 0.25) is 0 Å². The van der Waals surface area contributed by atoms with E-state index in [2.05, 4.69) is 56.3 Å². The van der Waals surface area contributed by atoms with Crippen LogP contribution in [0.1, 0.15) is 33.4 Å². The molecule has 0 unspecified atom stereocenters. The average Bonchev–Trinajstić information content (AvgIpc) is 2.39. The first kappa shape index (κ1) is 13.1. The zero-order chi connectivity index (χ0) is 13.8. The molecule has 0 heterocycles. The van der Waals surface area contributed by atoms with Crippen LogP contribution in [-0.2, 0) is 0 Å². The van der Waals surface area contributed by atoms with Crippen molar-refractivity contribution in [3.8, 4) is 6.07 Å². The summed E-state index contributed by atoms with van der Waals surface area (Å²) in [7, 11) is 0. The lowest BCUT2D eigenvalue weighted by atomic mass is 10.0. The van der Waals surface area contributed by atoms with Gasteiger partial charge in [0.05, 0.1) is 11.6 Å². The van der Waals surface area contributed by atoms with Gasteiger partial charge >= 0.3 is 0 Å². The van der Waals surface area contributed by atoms with Crippen LogP contribution in [0.25, 0.3) is 12.2 Å². The van der Waals surface area contributed by atoms with Crippen molar-refractivity contribution in [3.63, 3.8) is 0 Å². The zero-order valence-corrected chi connectivity index (χ0v) is 11.6. The van der Waals surface area contributed by atoms with Crippen molar-refractivity contribution in [1.82, 2.24) is 0 Å². The molecule has 0 aliphatic heterocycles. The van der Waals surface area contributed by atoms with E-state index in [0.717, 1.165) is 11.1 Å². The summed E-state index contributed by atoms with van der Waals surface area (Å²) >= 11 is 0. The molecule has 0 fully saturated rings. The quantitative estimate of drug-likeness (QED) is 0.708. The predicted octanol–water partition coefficient (Wildman–Crippen LogP) is 4.65. The Morgan fingerprint density at radius 1 is 0.842 bits per heavy atom. The summed E-state index contributed by atoms with van der Waals surface area (Å²) in [6.45, 7) is 6.24. The average molecular weight is 247 g/mol. The maximum absolute atomic E-state index is 8.96. The van der Waals surface area contributed by atoms with Crippen LogP contribution < -0.4 is 0 Å². The molecular formula is C18H17N. The Labute approximate surface area is 114 Å². The predicted molar refractivity (Wildman–Crippen MR) is 80.7 cm³/mol. The fourth-order valence-electron chi connectivity index (χ4n) is 2.03. The monoisotopic (exact) mass is 247 g/mol. The van der Waals surface area contributed by atoms with E-state index >= 15 is 0 Å². The molecule has 94 valence electrons. The Balaban J connectivity index is 2.30. The van der Waals surface area contributed by atoms with Gasteiger partial charge in [-0.15, -0.1) is 0 Å². The summed E-state index contributed by atoms with van der Waals surface area (Å²) in [5.41, 5.74) is 6.67. The minimum atomic E-state index is 0.708. The molecule has 0 aliphatic rings. The SMILES string of the molecule is Cc1cc(C#N)cc(/C=C/c2ccc(C)c(C)c2)c1. The van der Waals surface area contributed by atoms with E-state index in [0.29, 0.717) is 5.56 Å². The highest BCUT2D eigenvalue weighted by Crippen LogP contribution is 2.15. The number of nitriles is 1. The van der Waals surface area contributed by atoms with Crippen molar-refractivity contribution in [2.24, 2.45) is 0 Å². The van der Waals surface area contributed by atoms with E-state index in [-0.39, 0.29) is 0 Å². The third-order valence-electron chi connectivity index (χ3n) is 3.23. The van der Waals surface area contributed by atoms with Gasteiger partial charge in [0.1, 0.15) is 0 Å². The number of hydrogen-bond donors (Lipinski definition) is 0. The van der Waals surface area contributed by atoms with Crippen molar-refractivity contribution >= 4 is 12.2 Å². The first-order chi connectivity index (χ1) is 9.08. The van der Waals surface area contributed by atoms with Crippen LogP contribution in [0.5, 0.6) is 0 Å². The highest BCUT2D eigenvalue weighted by atomic mass is 14.2. The maximum atomic E-state index is 8.96. The number of aryl methyl sites for hydroxylation is 3. The summed E-state index contributed by atoms with van der Waals surface area (Å²) in [6, 6.07) is 14.5. The van der Waals surface area contributed by atoms with E-state index in [1.807, 2.05) is 19.1 Å². The van der Waals surface area contributed by atoms with Gasteiger partial charge in [-0.05, 0) is 60.7 Å². The Bertz CT molecular complexity index is 673. The maximum Gasteiger partial charge on any atom is 0.0991 e. The van der Waals surface area contributed by atoms with E-state index in [1.165, 1.54) is 16.7 Å². The number of rotatable bonds is 2. The third-order valence-corrected chi connectivity index (χ3v) is 3.23. The lowest BCUT2D eigenvalue weighted by molar-refractivity contribution is 1.33. The molecule has 0 amide bonds. The van der Waals surface area contributed by atoms with Crippen molar-refractivity contribution < 1.29 is 0 Å². The molecule has 0 spiro atoms. The molecule has 0 bridgehead atoms. The van der Waals surface area contributed by atoms with E-state index < -0.39 is 0 Å². The van der Waals surface area contributed by atoms with Gasteiger partial charge in [-0.1, -0.05) is 36.4 Å². The van der Waals surface area contributed by atoms with Crippen LogP contribution in [0.15, 0.2) is 36.4 Å². The molecule has 0 N–H and O–H groups in total. The second-order valence-electron chi connectivity index (χ2n) is 4.92. The molecular weight excluding hydrogens is 230 g/mol. The van der Waals surface area contributed by atoms with Gasteiger partial charge < -0.3 is 0 Å². The number of benzene rings is 2. The van der Waals surface area contributed by atoms with Gasteiger partial charge in [-0.25, -0.2) is 0 Å². The number of nitrogens with zero attached hydrogens (tertiary/aromatic N) is 1. The van der Waals surface area contributed by atoms with Gasteiger partial charge in [-0.3, -0.25) is 0 Å². The second-order valence-corrected chi connectivity index (χ2v) is 4.92. The molecule has 2 aromatic carbocycles. The minimum Gasteiger partial charge on any atom is -0.192 e. The van der Waals surface area contributed by atoms with Crippen molar-refractivity contribution in [2.45, 2.75) is 20.8 Å². The Morgan fingerprint density at radius 3 is 2.26 bits per heavy atom. The first-order valence-corrected chi connectivity index (χ1v) is 6.35. The van der Waals surface area contributed by atoms with E-state index in [1.54, 1.807) is 0 Å². The first-order valence-electron chi connectivity index (χ1n) is 6.35. The van der Waals surface area contributed by atoms with Crippen molar-refractivity contribution in [3.05, 3.63) is 69.8 Å². The lowest BCUT2D eigenvalue weighted by Gasteiger charge is -2.01. The molecule has 0 atom stereocenters. The Morgan fingerprint density at radius 2 is 1.58 bits per heavy atom. The normalized spacial score (nSPS) is 10.6. The number of hydrogen-bond acceptors (Lipinski definition) is 1. The molecule has 1 nitrogen and oxygen atoms in total. The molecule has 19 heavy (non-hydrogen) atoms. The molecule has 2 aromatic rings. The summed E-state index contributed by atoms with van der Waals surface area (Å²) in [5, 5.41) is 8.96. The zero-order valence-electron chi connectivity index (χ0n) is 11.6.